The Morgan fingerprint density at radius 2 is 2.07 bits per heavy atom. The molecule has 0 amide bonds. The van der Waals surface area contributed by atoms with Crippen molar-refractivity contribution in [2.75, 3.05) is 13.1 Å². The van der Waals surface area contributed by atoms with Crippen molar-refractivity contribution in [3.05, 3.63) is 34.3 Å². The van der Waals surface area contributed by atoms with Gasteiger partial charge in [-0.2, -0.15) is 0 Å². The monoisotopic (exact) mass is 275 g/mol. The van der Waals surface area contributed by atoms with Gasteiger partial charge in [0.2, 0.25) is 0 Å². The number of aliphatic imine (C=N–C) groups is 1. The molecule has 0 atom stereocenters. The van der Waals surface area contributed by atoms with Crippen LogP contribution in [0.1, 0.15) is 5.56 Å². The number of ether oxygens (including phenoxy) is 1. The van der Waals surface area contributed by atoms with Crippen LogP contribution in [-0.4, -0.2) is 19.0 Å². The van der Waals surface area contributed by atoms with Crippen molar-refractivity contribution >= 4 is 33.4 Å². The summed E-state index contributed by atoms with van der Waals surface area (Å²) in [7, 11) is 1.60. The van der Waals surface area contributed by atoms with Gasteiger partial charge in [-0.05, 0) is 17.7 Å². The van der Waals surface area contributed by atoms with Gasteiger partial charge in [0.05, 0.1) is 7.11 Å². The SMILES string of the molecule is COC(Cc1ccc(Br)cc1)=NCCl. The van der Waals surface area contributed by atoms with Gasteiger partial charge in [-0.3, -0.25) is 0 Å². The highest BCUT2D eigenvalue weighted by atomic mass is 79.9. The average Bonchev–Trinajstić information content (AvgIpc) is 2.20. The normalized spacial score (nSPS) is 11.5. The van der Waals surface area contributed by atoms with Gasteiger partial charge in [0.15, 0.2) is 5.90 Å². The maximum atomic E-state index is 5.49. The minimum absolute atomic E-state index is 0.236. The summed E-state index contributed by atoms with van der Waals surface area (Å²) in [5, 5.41) is 0. The van der Waals surface area contributed by atoms with Crippen LogP contribution >= 0.6 is 27.5 Å². The van der Waals surface area contributed by atoms with Gasteiger partial charge in [0.1, 0.15) is 6.00 Å². The first-order chi connectivity index (χ1) is 6.76. The molecule has 76 valence electrons. The minimum atomic E-state index is 0.236. The van der Waals surface area contributed by atoms with E-state index in [1.165, 1.54) is 0 Å². The third kappa shape index (κ3) is 3.68. The highest BCUT2D eigenvalue weighted by Gasteiger charge is 2.00. The zero-order valence-electron chi connectivity index (χ0n) is 7.84. The van der Waals surface area contributed by atoms with E-state index >= 15 is 0 Å². The van der Waals surface area contributed by atoms with Crippen molar-refractivity contribution in [2.24, 2.45) is 4.99 Å². The fourth-order valence-electron chi connectivity index (χ4n) is 1.04. The molecule has 0 aromatic heterocycles. The number of hydrogen-bond donors (Lipinski definition) is 0. The van der Waals surface area contributed by atoms with Crippen molar-refractivity contribution in [3.8, 4) is 0 Å². The van der Waals surface area contributed by atoms with E-state index in [2.05, 4.69) is 20.9 Å². The molecule has 0 bridgehead atoms. The molecular formula is C10H11BrClNO. The van der Waals surface area contributed by atoms with E-state index in [9.17, 15) is 0 Å². The lowest BCUT2D eigenvalue weighted by atomic mass is 10.1. The summed E-state index contributed by atoms with van der Waals surface area (Å²) in [6.07, 6.45) is 0.677. The van der Waals surface area contributed by atoms with Crippen LogP contribution in [-0.2, 0) is 11.2 Å². The molecule has 1 rings (SSSR count). The summed E-state index contributed by atoms with van der Waals surface area (Å²) in [6, 6.07) is 8.26. The van der Waals surface area contributed by atoms with Crippen LogP contribution < -0.4 is 0 Å². The van der Waals surface area contributed by atoms with Crippen molar-refractivity contribution in [3.63, 3.8) is 0 Å². The zero-order chi connectivity index (χ0) is 10.4. The number of nitrogens with zero attached hydrogens (tertiary/aromatic N) is 1. The molecule has 0 saturated heterocycles. The standard InChI is InChI=1S/C10H11BrClNO/c1-14-10(13-7-12)6-8-2-4-9(11)5-3-8/h2-5H,6-7H2,1H3. The van der Waals surface area contributed by atoms with E-state index in [1.54, 1.807) is 7.11 Å². The summed E-state index contributed by atoms with van der Waals surface area (Å²) < 4.78 is 6.14. The van der Waals surface area contributed by atoms with Crippen molar-refractivity contribution in [1.82, 2.24) is 0 Å². The lowest BCUT2D eigenvalue weighted by Gasteiger charge is -2.04. The lowest BCUT2D eigenvalue weighted by Crippen LogP contribution is -2.05. The molecule has 0 saturated carbocycles. The summed E-state index contributed by atoms with van der Waals surface area (Å²) in [6.45, 7) is 0. The van der Waals surface area contributed by atoms with Crippen molar-refractivity contribution in [2.45, 2.75) is 6.42 Å². The quantitative estimate of drug-likeness (QED) is 0.359. The fraction of sp³-hybridized carbons (Fsp3) is 0.300. The second-order valence-corrected chi connectivity index (χ2v) is 3.83. The van der Waals surface area contributed by atoms with E-state index in [4.69, 9.17) is 16.3 Å². The number of halogens is 2. The highest BCUT2D eigenvalue weighted by molar-refractivity contribution is 9.10. The second-order valence-electron chi connectivity index (χ2n) is 2.68. The molecule has 0 aliphatic rings. The fourth-order valence-corrected chi connectivity index (χ4v) is 1.43. The molecule has 0 aliphatic carbocycles. The maximum Gasteiger partial charge on any atom is 0.188 e. The molecule has 0 spiro atoms. The van der Waals surface area contributed by atoms with Crippen LogP contribution in [0.15, 0.2) is 33.7 Å². The lowest BCUT2D eigenvalue weighted by molar-refractivity contribution is 0.393. The summed E-state index contributed by atoms with van der Waals surface area (Å²) in [4.78, 5) is 4.01. The Morgan fingerprint density at radius 3 is 2.57 bits per heavy atom. The molecule has 2 nitrogen and oxygen atoms in total. The summed E-state index contributed by atoms with van der Waals surface area (Å²) in [5.41, 5.74) is 1.15. The van der Waals surface area contributed by atoms with Gasteiger partial charge in [-0.15, -0.1) is 11.6 Å². The molecule has 4 heteroatoms. The molecule has 0 unspecified atom stereocenters. The Morgan fingerprint density at radius 1 is 1.43 bits per heavy atom. The Kier molecular flexibility index (Phi) is 4.98. The summed E-state index contributed by atoms with van der Waals surface area (Å²) in [5.74, 6) is 0.655. The van der Waals surface area contributed by atoms with Gasteiger partial charge in [-0.1, -0.05) is 28.1 Å². The van der Waals surface area contributed by atoms with E-state index in [-0.39, 0.29) is 6.00 Å². The predicted octanol–water partition coefficient (Wildman–Crippen LogP) is 3.23. The number of methoxy groups -OCH3 is 1. The molecule has 0 N–H and O–H groups in total. The first-order valence-electron chi connectivity index (χ1n) is 4.14. The number of hydrogen-bond acceptors (Lipinski definition) is 2. The van der Waals surface area contributed by atoms with Crippen LogP contribution in [0, 0.1) is 0 Å². The molecule has 0 radical (unpaired) electrons. The predicted molar refractivity (Wildman–Crippen MR) is 63.0 cm³/mol. The highest BCUT2D eigenvalue weighted by Crippen LogP contribution is 2.11. The number of alkyl halides is 1. The van der Waals surface area contributed by atoms with Gasteiger partial charge in [-0.25, -0.2) is 4.99 Å². The molecule has 1 aromatic carbocycles. The Labute approximate surface area is 97.1 Å². The number of benzene rings is 1. The van der Waals surface area contributed by atoms with Crippen molar-refractivity contribution < 1.29 is 4.74 Å². The van der Waals surface area contributed by atoms with E-state index in [0.717, 1.165) is 10.0 Å². The molecule has 14 heavy (non-hydrogen) atoms. The first-order valence-corrected chi connectivity index (χ1v) is 5.46. The van der Waals surface area contributed by atoms with Crippen LogP contribution in [0.3, 0.4) is 0 Å². The van der Waals surface area contributed by atoms with Crippen LogP contribution in [0.2, 0.25) is 0 Å². The van der Waals surface area contributed by atoms with Crippen LogP contribution in [0.25, 0.3) is 0 Å². The average molecular weight is 277 g/mol. The molecule has 0 heterocycles. The largest absolute Gasteiger partial charge is 0.484 e. The molecular weight excluding hydrogens is 265 g/mol. The maximum absolute atomic E-state index is 5.49. The van der Waals surface area contributed by atoms with Gasteiger partial charge >= 0.3 is 0 Å². The Hall–Kier alpha value is -0.540. The topological polar surface area (TPSA) is 21.6 Å². The third-order valence-electron chi connectivity index (χ3n) is 1.74. The van der Waals surface area contributed by atoms with Gasteiger partial charge in [0.25, 0.3) is 0 Å². The van der Waals surface area contributed by atoms with Crippen LogP contribution in [0.5, 0.6) is 0 Å². The van der Waals surface area contributed by atoms with E-state index in [0.29, 0.717) is 12.3 Å². The molecule has 0 fully saturated rings. The zero-order valence-corrected chi connectivity index (χ0v) is 10.2. The van der Waals surface area contributed by atoms with Crippen molar-refractivity contribution in [1.29, 1.82) is 0 Å². The smallest absolute Gasteiger partial charge is 0.188 e. The third-order valence-corrected chi connectivity index (χ3v) is 2.39. The minimum Gasteiger partial charge on any atom is -0.484 e. The van der Waals surface area contributed by atoms with Crippen LogP contribution in [0.4, 0.5) is 0 Å². The first kappa shape index (κ1) is 11.5. The van der Waals surface area contributed by atoms with E-state index < -0.39 is 0 Å². The van der Waals surface area contributed by atoms with Gasteiger partial charge < -0.3 is 4.74 Å². The molecule has 1 aromatic rings. The molecule has 0 aliphatic heterocycles. The number of rotatable bonds is 3. The second kappa shape index (κ2) is 6.04. The van der Waals surface area contributed by atoms with Gasteiger partial charge in [0, 0.05) is 10.9 Å². The Bertz CT molecular complexity index is 310. The van der Waals surface area contributed by atoms with E-state index in [1.807, 2.05) is 24.3 Å². The Balaban J connectivity index is 2.67. The summed E-state index contributed by atoms with van der Waals surface area (Å²) >= 11 is 8.87.